The van der Waals surface area contributed by atoms with Crippen LogP contribution in [-0.4, -0.2) is 54.5 Å². The van der Waals surface area contributed by atoms with Gasteiger partial charge in [-0.15, -0.1) is 0 Å². The van der Waals surface area contributed by atoms with Crippen molar-refractivity contribution in [2.24, 2.45) is 11.1 Å². The van der Waals surface area contributed by atoms with Crippen LogP contribution >= 0.6 is 0 Å². The van der Waals surface area contributed by atoms with Crippen LogP contribution in [0.3, 0.4) is 0 Å². The second kappa shape index (κ2) is 6.53. The Kier molecular flexibility index (Phi) is 5.60. The average molecular weight is 255 g/mol. The van der Waals surface area contributed by atoms with Gasteiger partial charge in [0.15, 0.2) is 0 Å². The Morgan fingerprint density at radius 2 is 1.67 bits per heavy atom. The zero-order valence-electron chi connectivity index (χ0n) is 12.4. The van der Waals surface area contributed by atoms with Crippen molar-refractivity contribution >= 4 is 5.91 Å². The van der Waals surface area contributed by atoms with Gasteiger partial charge in [-0.2, -0.15) is 0 Å². The van der Waals surface area contributed by atoms with E-state index in [1.54, 1.807) is 0 Å². The molecule has 106 valence electrons. The lowest BCUT2D eigenvalue weighted by molar-refractivity contribution is -0.144. The van der Waals surface area contributed by atoms with Gasteiger partial charge < -0.3 is 10.6 Å². The molecule has 0 bridgehead atoms. The minimum absolute atomic E-state index is 0.262. The lowest BCUT2D eigenvalue weighted by atomic mass is 9.81. The van der Waals surface area contributed by atoms with Crippen LogP contribution in [0.4, 0.5) is 0 Å². The maximum absolute atomic E-state index is 12.6. The summed E-state index contributed by atoms with van der Waals surface area (Å²) < 4.78 is 0. The quantitative estimate of drug-likeness (QED) is 0.805. The highest BCUT2D eigenvalue weighted by atomic mass is 16.2. The van der Waals surface area contributed by atoms with Crippen LogP contribution in [0.1, 0.15) is 40.5 Å². The van der Waals surface area contributed by atoms with Gasteiger partial charge in [0, 0.05) is 38.8 Å². The summed E-state index contributed by atoms with van der Waals surface area (Å²) in [7, 11) is 0. The highest BCUT2D eigenvalue weighted by Gasteiger charge is 2.37. The summed E-state index contributed by atoms with van der Waals surface area (Å²) in [5.74, 6) is 0.262. The van der Waals surface area contributed by atoms with Crippen LogP contribution in [0.25, 0.3) is 0 Å². The van der Waals surface area contributed by atoms with Gasteiger partial charge in [-0.1, -0.05) is 13.8 Å². The summed E-state index contributed by atoms with van der Waals surface area (Å²) in [6, 6.07) is 0.568. The maximum Gasteiger partial charge on any atom is 0.230 e. The first-order chi connectivity index (χ1) is 8.50. The van der Waals surface area contributed by atoms with Crippen LogP contribution in [0.2, 0.25) is 0 Å². The number of nitrogens with zero attached hydrogens (tertiary/aromatic N) is 2. The number of hydrogen-bond acceptors (Lipinski definition) is 3. The van der Waals surface area contributed by atoms with E-state index in [4.69, 9.17) is 5.73 Å². The van der Waals surface area contributed by atoms with Crippen molar-refractivity contribution in [1.29, 1.82) is 0 Å². The van der Waals surface area contributed by atoms with Gasteiger partial charge in [0.05, 0.1) is 5.41 Å². The van der Waals surface area contributed by atoms with E-state index in [0.717, 1.165) is 39.0 Å². The van der Waals surface area contributed by atoms with Crippen LogP contribution in [0, 0.1) is 5.41 Å². The minimum Gasteiger partial charge on any atom is -0.340 e. The number of amides is 1. The molecule has 1 amide bonds. The molecule has 2 N–H and O–H groups in total. The van der Waals surface area contributed by atoms with Crippen molar-refractivity contribution in [2.75, 3.05) is 32.7 Å². The van der Waals surface area contributed by atoms with Gasteiger partial charge in [-0.25, -0.2) is 0 Å². The Bertz CT molecular complexity index is 258. The molecule has 0 aromatic heterocycles. The monoisotopic (exact) mass is 255 g/mol. The summed E-state index contributed by atoms with van der Waals surface area (Å²) in [4.78, 5) is 17.1. The van der Waals surface area contributed by atoms with Gasteiger partial charge in [0.2, 0.25) is 5.91 Å². The Morgan fingerprint density at radius 1 is 1.17 bits per heavy atom. The van der Waals surface area contributed by atoms with Crippen LogP contribution in [0.15, 0.2) is 0 Å². The topological polar surface area (TPSA) is 49.6 Å². The second-order valence-corrected chi connectivity index (χ2v) is 5.61. The molecule has 0 aromatic carbocycles. The summed E-state index contributed by atoms with van der Waals surface area (Å²) >= 11 is 0. The first kappa shape index (κ1) is 15.4. The standard InChI is InChI=1S/C14H29N3O/c1-5-14(6-2,11-15)13(18)17-9-7-16(8-10-17)12(3)4/h12H,5-11,15H2,1-4H3. The van der Waals surface area contributed by atoms with Crippen molar-refractivity contribution in [3.05, 3.63) is 0 Å². The van der Waals surface area contributed by atoms with Crippen molar-refractivity contribution < 1.29 is 4.79 Å². The Hall–Kier alpha value is -0.610. The van der Waals surface area contributed by atoms with Gasteiger partial charge in [0.25, 0.3) is 0 Å². The molecule has 1 saturated heterocycles. The van der Waals surface area contributed by atoms with E-state index in [2.05, 4.69) is 32.6 Å². The zero-order chi connectivity index (χ0) is 13.8. The third kappa shape index (κ3) is 3.04. The molecule has 0 spiro atoms. The van der Waals surface area contributed by atoms with Crippen molar-refractivity contribution in [3.8, 4) is 0 Å². The molecule has 0 saturated carbocycles. The highest BCUT2D eigenvalue weighted by molar-refractivity contribution is 5.83. The smallest absolute Gasteiger partial charge is 0.230 e. The second-order valence-electron chi connectivity index (χ2n) is 5.61. The van der Waals surface area contributed by atoms with E-state index < -0.39 is 0 Å². The number of nitrogens with two attached hydrogens (primary N) is 1. The SMILES string of the molecule is CCC(CC)(CN)C(=O)N1CCN(C(C)C)CC1. The van der Waals surface area contributed by atoms with E-state index in [1.807, 2.05) is 4.90 Å². The Balaban J connectivity index is 2.64. The molecular formula is C14H29N3O. The number of piperazine rings is 1. The third-order valence-corrected chi connectivity index (χ3v) is 4.53. The molecule has 18 heavy (non-hydrogen) atoms. The summed E-state index contributed by atoms with van der Waals surface area (Å²) in [5.41, 5.74) is 5.52. The number of carbonyl (C=O) groups is 1. The number of rotatable bonds is 5. The van der Waals surface area contributed by atoms with Gasteiger partial charge in [0.1, 0.15) is 0 Å². The molecule has 1 heterocycles. The van der Waals surface area contributed by atoms with Gasteiger partial charge >= 0.3 is 0 Å². The lowest BCUT2D eigenvalue weighted by Gasteiger charge is -2.41. The van der Waals surface area contributed by atoms with Crippen molar-refractivity contribution in [1.82, 2.24) is 9.80 Å². The van der Waals surface area contributed by atoms with Crippen molar-refractivity contribution in [2.45, 2.75) is 46.6 Å². The van der Waals surface area contributed by atoms with E-state index in [9.17, 15) is 4.79 Å². The van der Waals surface area contributed by atoms with E-state index >= 15 is 0 Å². The molecule has 0 atom stereocenters. The number of hydrogen-bond donors (Lipinski definition) is 1. The predicted octanol–water partition coefficient (Wildman–Crippen LogP) is 1.30. The third-order valence-electron chi connectivity index (χ3n) is 4.53. The van der Waals surface area contributed by atoms with E-state index in [1.165, 1.54) is 0 Å². The summed E-state index contributed by atoms with van der Waals surface area (Å²) in [5, 5.41) is 0. The Labute approximate surface area is 111 Å². The van der Waals surface area contributed by atoms with Gasteiger partial charge in [-0.05, 0) is 26.7 Å². The largest absolute Gasteiger partial charge is 0.340 e. The lowest BCUT2D eigenvalue weighted by Crippen LogP contribution is -2.55. The van der Waals surface area contributed by atoms with E-state index in [-0.39, 0.29) is 11.3 Å². The maximum atomic E-state index is 12.6. The molecule has 4 heteroatoms. The fourth-order valence-electron chi connectivity index (χ4n) is 2.71. The summed E-state index contributed by atoms with van der Waals surface area (Å²) in [6.07, 6.45) is 1.67. The first-order valence-corrected chi connectivity index (χ1v) is 7.24. The normalized spacial score (nSPS) is 18.4. The van der Waals surface area contributed by atoms with Crippen LogP contribution < -0.4 is 5.73 Å². The molecule has 1 rings (SSSR count). The molecular weight excluding hydrogens is 226 g/mol. The predicted molar refractivity (Wildman–Crippen MR) is 75.4 cm³/mol. The van der Waals surface area contributed by atoms with Crippen LogP contribution in [0.5, 0.6) is 0 Å². The zero-order valence-corrected chi connectivity index (χ0v) is 12.4. The van der Waals surface area contributed by atoms with Crippen molar-refractivity contribution in [3.63, 3.8) is 0 Å². The van der Waals surface area contributed by atoms with Crippen LogP contribution in [-0.2, 0) is 4.79 Å². The molecule has 1 fully saturated rings. The Morgan fingerprint density at radius 3 is 2.00 bits per heavy atom. The molecule has 0 unspecified atom stereocenters. The molecule has 4 nitrogen and oxygen atoms in total. The molecule has 1 aliphatic rings. The average Bonchev–Trinajstić information content (AvgIpc) is 2.41. The highest BCUT2D eigenvalue weighted by Crippen LogP contribution is 2.28. The molecule has 1 aliphatic heterocycles. The van der Waals surface area contributed by atoms with Gasteiger partial charge in [-0.3, -0.25) is 9.69 Å². The fourth-order valence-corrected chi connectivity index (χ4v) is 2.71. The fraction of sp³-hybridized carbons (Fsp3) is 0.929. The minimum atomic E-state index is -0.333. The first-order valence-electron chi connectivity index (χ1n) is 7.24. The van der Waals surface area contributed by atoms with E-state index in [0.29, 0.717) is 12.6 Å². The molecule has 0 aliphatic carbocycles. The number of carbonyl (C=O) groups excluding carboxylic acids is 1. The molecule has 0 aromatic rings. The molecule has 0 radical (unpaired) electrons. The summed E-state index contributed by atoms with van der Waals surface area (Å²) in [6.45, 7) is 12.7.